The molecular weight excluding hydrogens is 204 g/mol. The van der Waals surface area contributed by atoms with E-state index in [0.717, 1.165) is 0 Å². The SMILES string of the molecule is Oc1c(OC(F)F)ccc2ncccc12. The van der Waals surface area contributed by atoms with E-state index >= 15 is 0 Å². The minimum atomic E-state index is -2.95. The highest BCUT2D eigenvalue weighted by atomic mass is 19.3. The van der Waals surface area contributed by atoms with Gasteiger partial charge in [0.1, 0.15) is 0 Å². The highest BCUT2D eigenvalue weighted by Crippen LogP contribution is 2.34. The van der Waals surface area contributed by atoms with Gasteiger partial charge in [-0.1, -0.05) is 0 Å². The highest BCUT2D eigenvalue weighted by Gasteiger charge is 2.11. The molecule has 0 atom stereocenters. The van der Waals surface area contributed by atoms with Crippen LogP contribution in [0.1, 0.15) is 0 Å². The van der Waals surface area contributed by atoms with Crippen LogP contribution in [0.15, 0.2) is 30.5 Å². The Kier molecular flexibility index (Phi) is 2.37. The molecule has 0 spiro atoms. The third kappa shape index (κ3) is 1.81. The predicted octanol–water partition coefficient (Wildman–Crippen LogP) is 2.54. The Bertz CT molecular complexity index is 488. The summed E-state index contributed by atoms with van der Waals surface area (Å²) < 4.78 is 28.0. The number of ether oxygens (including phenoxy) is 1. The summed E-state index contributed by atoms with van der Waals surface area (Å²) in [4.78, 5) is 3.96. The second kappa shape index (κ2) is 3.68. The van der Waals surface area contributed by atoms with Crippen molar-refractivity contribution in [2.45, 2.75) is 6.61 Å². The molecule has 78 valence electrons. The summed E-state index contributed by atoms with van der Waals surface area (Å²) in [5, 5.41) is 9.98. The van der Waals surface area contributed by atoms with E-state index in [9.17, 15) is 13.9 Å². The lowest BCUT2D eigenvalue weighted by atomic mass is 10.2. The first-order chi connectivity index (χ1) is 7.18. The molecule has 2 aromatic rings. The third-order valence-corrected chi connectivity index (χ3v) is 1.94. The van der Waals surface area contributed by atoms with Crippen LogP contribution in [0.4, 0.5) is 8.78 Å². The van der Waals surface area contributed by atoms with E-state index in [4.69, 9.17) is 0 Å². The van der Waals surface area contributed by atoms with Crippen molar-refractivity contribution < 1.29 is 18.6 Å². The summed E-state index contributed by atoms with van der Waals surface area (Å²) in [7, 11) is 0. The lowest BCUT2D eigenvalue weighted by molar-refractivity contribution is -0.0511. The lowest BCUT2D eigenvalue weighted by Crippen LogP contribution is -2.02. The second-order valence-corrected chi connectivity index (χ2v) is 2.86. The molecule has 0 amide bonds. The van der Waals surface area contributed by atoms with E-state index in [1.807, 2.05) is 0 Å². The van der Waals surface area contributed by atoms with Crippen molar-refractivity contribution in [2.75, 3.05) is 0 Å². The van der Waals surface area contributed by atoms with E-state index in [2.05, 4.69) is 9.72 Å². The maximum Gasteiger partial charge on any atom is 0.387 e. The fraction of sp³-hybridized carbons (Fsp3) is 0.100. The molecule has 5 heteroatoms. The maximum atomic E-state index is 12.0. The number of rotatable bonds is 2. The lowest BCUT2D eigenvalue weighted by Gasteiger charge is -2.08. The molecule has 0 aliphatic heterocycles. The molecule has 0 aliphatic carbocycles. The number of aromatic hydroxyl groups is 1. The summed E-state index contributed by atoms with van der Waals surface area (Å²) in [5.74, 6) is -0.564. The first-order valence-electron chi connectivity index (χ1n) is 4.20. The van der Waals surface area contributed by atoms with Gasteiger partial charge in [-0.25, -0.2) is 0 Å². The number of fused-ring (bicyclic) bond motifs is 1. The number of benzene rings is 1. The number of aromatic nitrogens is 1. The largest absolute Gasteiger partial charge is 0.504 e. The number of hydrogen-bond donors (Lipinski definition) is 1. The van der Waals surface area contributed by atoms with Crippen molar-refractivity contribution in [3.8, 4) is 11.5 Å². The molecule has 0 fully saturated rings. The molecule has 2 rings (SSSR count). The quantitative estimate of drug-likeness (QED) is 0.829. The first kappa shape index (κ1) is 9.64. The zero-order valence-corrected chi connectivity index (χ0v) is 7.52. The molecule has 0 aliphatic rings. The van der Waals surface area contributed by atoms with Crippen molar-refractivity contribution in [1.82, 2.24) is 4.98 Å². The number of hydrogen-bond acceptors (Lipinski definition) is 3. The summed E-state index contributed by atoms with van der Waals surface area (Å²) in [6, 6.07) is 5.95. The van der Waals surface area contributed by atoms with Crippen molar-refractivity contribution in [3.05, 3.63) is 30.5 Å². The van der Waals surface area contributed by atoms with Gasteiger partial charge in [-0.2, -0.15) is 8.78 Å². The van der Waals surface area contributed by atoms with E-state index in [1.165, 1.54) is 12.1 Å². The van der Waals surface area contributed by atoms with Gasteiger partial charge in [0.2, 0.25) is 0 Å². The van der Waals surface area contributed by atoms with Crippen LogP contribution in [0.5, 0.6) is 11.5 Å². The van der Waals surface area contributed by atoms with Gasteiger partial charge in [0.15, 0.2) is 11.5 Å². The minimum absolute atomic E-state index is 0.245. The molecule has 0 saturated heterocycles. The van der Waals surface area contributed by atoms with E-state index in [1.54, 1.807) is 18.3 Å². The highest BCUT2D eigenvalue weighted by molar-refractivity contribution is 5.87. The van der Waals surface area contributed by atoms with Crippen LogP contribution in [0.25, 0.3) is 10.9 Å². The predicted molar refractivity (Wildman–Crippen MR) is 50.0 cm³/mol. The number of halogens is 2. The summed E-state index contributed by atoms with van der Waals surface area (Å²) >= 11 is 0. The maximum absolute atomic E-state index is 12.0. The number of phenols is 1. The Hall–Kier alpha value is -1.91. The average molecular weight is 211 g/mol. The molecule has 0 saturated carbocycles. The fourth-order valence-electron chi connectivity index (χ4n) is 1.31. The van der Waals surface area contributed by atoms with Gasteiger partial charge in [-0.3, -0.25) is 4.98 Å². The van der Waals surface area contributed by atoms with E-state index in [-0.39, 0.29) is 11.5 Å². The fourth-order valence-corrected chi connectivity index (χ4v) is 1.31. The van der Waals surface area contributed by atoms with Crippen LogP contribution >= 0.6 is 0 Å². The van der Waals surface area contributed by atoms with Crippen molar-refractivity contribution in [1.29, 1.82) is 0 Å². The monoisotopic (exact) mass is 211 g/mol. The van der Waals surface area contributed by atoms with Crippen LogP contribution in [-0.2, 0) is 0 Å². The van der Waals surface area contributed by atoms with Gasteiger partial charge in [0, 0.05) is 11.6 Å². The van der Waals surface area contributed by atoms with Crippen LogP contribution in [0.3, 0.4) is 0 Å². The number of alkyl halides is 2. The van der Waals surface area contributed by atoms with Crippen LogP contribution in [-0.4, -0.2) is 16.7 Å². The Balaban J connectivity index is 2.55. The van der Waals surface area contributed by atoms with Gasteiger partial charge in [0.05, 0.1) is 5.52 Å². The zero-order chi connectivity index (χ0) is 10.8. The van der Waals surface area contributed by atoms with Crippen molar-refractivity contribution in [3.63, 3.8) is 0 Å². The van der Waals surface area contributed by atoms with Gasteiger partial charge in [0.25, 0.3) is 0 Å². The van der Waals surface area contributed by atoms with Gasteiger partial charge >= 0.3 is 6.61 Å². The molecular formula is C10H7F2NO2. The molecule has 15 heavy (non-hydrogen) atoms. The Morgan fingerprint density at radius 2 is 2.07 bits per heavy atom. The second-order valence-electron chi connectivity index (χ2n) is 2.86. The summed E-state index contributed by atoms with van der Waals surface area (Å²) in [6.45, 7) is -2.95. The van der Waals surface area contributed by atoms with E-state index < -0.39 is 6.61 Å². The molecule has 0 bridgehead atoms. The molecule has 1 aromatic heterocycles. The Morgan fingerprint density at radius 1 is 1.27 bits per heavy atom. The topological polar surface area (TPSA) is 42.4 Å². The van der Waals surface area contributed by atoms with Crippen LogP contribution in [0.2, 0.25) is 0 Å². The van der Waals surface area contributed by atoms with E-state index in [0.29, 0.717) is 10.9 Å². The Labute approximate surface area is 83.9 Å². The normalized spacial score (nSPS) is 10.9. The van der Waals surface area contributed by atoms with Crippen molar-refractivity contribution in [2.24, 2.45) is 0 Å². The molecule has 0 unspecified atom stereocenters. The Morgan fingerprint density at radius 3 is 2.80 bits per heavy atom. The molecule has 3 nitrogen and oxygen atoms in total. The standard InChI is InChI=1S/C10H7F2NO2/c11-10(12)15-8-4-3-7-6(9(8)14)2-1-5-13-7/h1-5,10,14H. The van der Waals surface area contributed by atoms with Gasteiger partial charge in [-0.15, -0.1) is 0 Å². The number of nitrogens with zero attached hydrogens (tertiary/aromatic N) is 1. The molecule has 1 N–H and O–H groups in total. The molecule has 0 radical (unpaired) electrons. The van der Waals surface area contributed by atoms with Crippen molar-refractivity contribution >= 4 is 10.9 Å². The third-order valence-electron chi connectivity index (χ3n) is 1.94. The molecule has 1 aromatic carbocycles. The summed E-state index contributed by atoms with van der Waals surface area (Å²) in [6.07, 6.45) is 1.55. The molecule has 1 heterocycles. The minimum Gasteiger partial charge on any atom is -0.504 e. The summed E-state index contributed by atoms with van der Waals surface area (Å²) in [5.41, 5.74) is 0.525. The smallest absolute Gasteiger partial charge is 0.387 e. The number of phenolic OH excluding ortho intramolecular Hbond substituents is 1. The average Bonchev–Trinajstić information content (AvgIpc) is 2.22. The number of pyridine rings is 1. The van der Waals surface area contributed by atoms with Gasteiger partial charge < -0.3 is 9.84 Å². The first-order valence-corrected chi connectivity index (χ1v) is 4.20. The zero-order valence-electron chi connectivity index (χ0n) is 7.52. The van der Waals surface area contributed by atoms with Crippen LogP contribution in [0, 0.1) is 0 Å². The van der Waals surface area contributed by atoms with Gasteiger partial charge in [-0.05, 0) is 24.3 Å². The van der Waals surface area contributed by atoms with Crippen LogP contribution < -0.4 is 4.74 Å².